The molecule has 8 heteroatoms. The van der Waals surface area contributed by atoms with Gasteiger partial charge in [0.1, 0.15) is 16.3 Å². The Morgan fingerprint density at radius 2 is 2.08 bits per heavy atom. The number of halogens is 1. The number of carbonyl (C=O) groups is 1. The highest BCUT2D eigenvalue weighted by Crippen LogP contribution is 2.24. The third-order valence-electron chi connectivity index (χ3n) is 4.68. The number of carbonyl (C=O) groups excluding carboxylic acids is 1. The molecule has 0 radical (unpaired) electrons. The lowest BCUT2D eigenvalue weighted by Crippen LogP contribution is -2.49. The number of aromatic amines is 1. The zero-order valence-corrected chi connectivity index (χ0v) is 14.6. The van der Waals surface area contributed by atoms with E-state index in [9.17, 15) is 9.18 Å². The van der Waals surface area contributed by atoms with Crippen molar-refractivity contribution in [1.82, 2.24) is 24.8 Å². The number of H-pyrrole nitrogens is 1. The van der Waals surface area contributed by atoms with Gasteiger partial charge in [0, 0.05) is 37.8 Å². The highest BCUT2D eigenvalue weighted by Gasteiger charge is 2.27. The summed E-state index contributed by atoms with van der Waals surface area (Å²) >= 11 is 1.65. The number of rotatable bonds is 3. The van der Waals surface area contributed by atoms with Crippen LogP contribution in [0.2, 0.25) is 0 Å². The van der Waals surface area contributed by atoms with Gasteiger partial charge < -0.3 is 9.88 Å². The van der Waals surface area contributed by atoms with Crippen LogP contribution in [-0.4, -0.2) is 56.8 Å². The first-order valence-corrected chi connectivity index (χ1v) is 9.07. The summed E-state index contributed by atoms with van der Waals surface area (Å²) in [5.74, 6) is -0.603. The molecule has 130 valence electrons. The van der Waals surface area contributed by atoms with E-state index in [2.05, 4.69) is 26.8 Å². The van der Waals surface area contributed by atoms with E-state index in [1.165, 1.54) is 18.5 Å². The summed E-state index contributed by atoms with van der Waals surface area (Å²) in [4.78, 5) is 28.3. The molecule has 0 aliphatic carbocycles. The molecule has 1 saturated heterocycles. The number of hydrogen-bond donors (Lipinski definition) is 1. The second kappa shape index (κ2) is 6.53. The van der Waals surface area contributed by atoms with Crippen molar-refractivity contribution in [2.24, 2.45) is 0 Å². The van der Waals surface area contributed by atoms with Crippen molar-refractivity contribution in [3.63, 3.8) is 0 Å². The van der Waals surface area contributed by atoms with Gasteiger partial charge in [0.25, 0.3) is 5.91 Å². The van der Waals surface area contributed by atoms with Crippen LogP contribution in [0.4, 0.5) is 4.39 Å². The molecule has 1 unspecified atom stereocenters. The summed E-state index contributed by atoms with van der Waals surface area (Å²) in [6.45, 7) is 4.89. The van der Waals surface area contributed by atoms with Crippen LogP contribution in [-0.2, 0) is 0 Å². The summed E-state index contributed by atoms with van der Waals surface area (Å²) in [5, 5.41) is 3.06. The van der Waals surface area contributed by atoms with Gasteiger partial charge in [-0.2, -0.15) is 0 Å². The summed E-state index contributed by atoms with van der Waals surface area (Å²) in [6, 6.07) is 2.87. The van der Waals surface area contributed by atoms with Gasteiger partial charge >= 0.3 is 0 Å². The maximum atomic E-state index is 13.8. The number of piperazine rings is 1. The van der Waals surface area contributed by atoms with Crippen molar-refractivity contribution in [2.75, 3.05) is 26.2 Å². The number of nitrogens with one attached hydrogen (secondary N) is 1. The Kier molecular flexibility index (Phi) is 4.22. The molecular formula is C17H18FN5OS. The molecule has 6 nitrogen and oxygen atoms in total. The number of amides is 1. The Hall–Kier alpha value is -2.32. The predicted molar refractivity (Wildman–Crippen MR) is 94.1 cm³/mol. The number of fused-ring (bicyclic) bond motifs is 1. The van der Waals surface area contributed by atoms with Gasteiger partial charge in [-0.1, -0.05) is 0 Å². The van der Waals surface area contributed by atoms with Crippen molar-refractivity contribution in [3.8, 4) is 0 Å². The predicted octanol–water partition coefficient (Wildman–Crippen LogP) is 2.68. The smallest absolute Gasteiger partial charge is 0.256 e. The minimum Gasteiger partial charge on any atom is -0.344 e. The summed E-state index contributed by atoms with van der Waals surface area (Å²) < 4.78 is 13.8. The minimum absolute atomic E-state index is 0.168. The van der Waals surface area contributed by atoms with E-state index in [1.54, 1.807) is 16.2 Å². The number of thiazole rings is 1. The SMILES string of the molecule is CC(c1nccs1)N1CCN(C(=O)c2cc(F)cc3[nH]cnc23)CC1. The number of aromatic nitrogens is 3. The van der Waals surface area contributed by atoms with Gasteiger partial charge in [-0.3, -0.25) is 9.69 Å². The molecule has 4 rings (SSSR count). The van der Waals surface area contributed by atoms with E-state index in [1.807, 2.05) is 11.6 Å². The molecule has 1 aliphatic heterocycles. The number of hydrogen-bond acceptors (Lipinski definition) is 5. The second-order valence-corrected chi connectivity index (χ2v) is 7.05. The standard InChI is InChI=1S/C17H18FN5OS/c1-11(16-19-2-7-25-16)22-3-5-23(6-4-22)17(24)13-8-12(18)9-14-15(13)21-10-20-14/h2,7-11H,3-6H2,1H3,(H,20,21). The Morgan fingerprint density at radius 3 is 2.80 bits per heavy atom. The fourth-order valence-corrected chi connectivity index (χ4v) is 3.99. The maximum Gasteiger partial charge on any atom is 0.256 e. The van der Waals surface area contributed by atoms with Crippen LogP contribution in [0.25, 0.3) is 11.0 Å². The molecule has 1 amide bonds. The van der Waals surface area contributed by atoms with Gasteiger partial charge in [-0.15, -0.1) is 11.3 Å². The topological polar surface area (TPSA) is 65.1 Å². The number of benzene rings is 1. The molecule has 0 bridgehead atoms. The Labute approximate surface area is 148 Å². The van der Waals surface area contributed by atoms with E-state index in [-0.39, 0.29) is 11.9 Å². The van der Waals surface area contributed by atoms with Gasteiger partial charge in [-0.25, -0.2) is 14.4 Å². The molecule has 1 N–H and O–H groups in total. The third-order valence-corrected chi connectivity index (χ3v) is 5.62. The van der Waals surface area contributed by atoms with Crippen molar-refractivity contribution < 1.29 is 9.18 Å². The van der Waals surface area contributed by atoms with Crippen LogP contribution in [0.15, 0.2) is 30.0 Å². The molecule has 1 aromatic carbocycles. The molecule has 1 atom stereocenters. The van der Waals surface area contributed by atoms with Crippen LogP contribution >= 0.6 is 11.3 Å². The fraction of sp³-hybridized carbons (Fsp3) is 0.353. The molecule has 25 heavy (non-hydrogen) atoms. The summed E-state index contributed by atoms with van der Waals surface area (Å²) in [7, 11) is 0. The summed E-state index contributed by atoms with van der Waals surface area (Å²) in [5.41, 5.74) is 1.38. The first-order chi connectivity index (χ1) is 12.1. The average Bonchev–Trinajstić information content (AvgIpc) is 3.31. The molecule has 0 spiro atoms. The highest BCUT2D eigenvalue weighted by atomic mass is 32.1. The van der Waals surface area contributed by atoms with Crippen LogP contribution in [0, 0.1) is 5.82 Å². The second-order valence-electron chi connectivity index (χ2n) is 6.13. The monoisotopic (exact) mass is 359 g/mol. The normalized spacial score (nSPS) is 17.1. The molecule has 3 heterocycles. The lowest BCUT2D eigenvalue weighted by Gasteiger charge is -2.37. The van der Waals surface area contributed by atoms with E-state index in [0.29, 0.717) is 29.7 Å². The molecule has 1 fully saturated rings. The molecular weight excluding hydrogens is 341 g/mol. The number of imidazole rings is 1. The van der Waals surface area contributed by atoms with E-state index >= 15 is 0 Å². The molecule has 2 aromatic heterocycles. The minimum atomic E-state index is -0.434. The summed E-state index contributed by atoms with van der Waals surface area (Å²) in [6.07, 6.45) is 3.30. The molecule has 3 aromatic rings. The lowest BCUT2D eigenvalue weighted by atomic mass is 10.1. The first-order valence-electron chi connectivity index (χ1n) is 8.19. The highest BCUT2D eigenvalue weighted by molar-refractivity contribution is 7.09. The first kappa shape index (κ1) is 16.2. The van der Waals surface area contributed by atoms with Gasteiger partial charge in [-0.05, 0) is 19.1 Å². The van der Waals surface area contributed by atoms with E-state index < -0.39 is 5.82 Å². The van der Waals surface area contributed by atoms with Crippen molar-refractivity contribution >= 4 is 28.3 Å². The van der Waals surface area contributed by atoms with Crippen LogP contribution in [0.1, 0.15) is 28.3 Å². The van der Waals surface area contributed by atoms with E-state index in [0.717, 1.165) is 18.1 Å². The van der Waals surface area contributed by atoms with Crippen molar-refractivity contribution in [3.05, 3.63) is 46.4 Å². The van der Waals surface area contributed by atoms with Crippen molar-refractivity contribution in [2.45, 2.75) is 13.0 Å². The Balaban J connectivity index is 1.48. The van der Waals surface area contributed by atoms with Crippen LogP contribution < -0.4 is 0 Å². The van der Waals surface area contributed by atoms with Gasteiger partial charge in [0.05, 0.1) is 23.4 Å². The third kappa shape index (κ3) is 3.03. The average molecular weight is 359 g/mol. The quantitative estimate of drug-likeness (QED) is 0.781. The molecule has 1 aliphatic rings. The molecule has 0 saturated carbocycles. The van der Waals surface area contributed by atoms with Crippen LogP contribution in [0.5, 0.6) is 0 Å². The Bertz CT molecular complexity index is 886. The van der Waals surface area contributed by atoms with Gasteiger partial charge in [0.15, 0.2) is 0 Å². The van der Waals surface area contributed by atoms with Crippen molar-refractivity contribution in [1.29, 1.82) is 0 Å². The van der Waals surface area contributed by atoms with E-state index in [4.69, 9.17) is 0 Å². The van der Waals surface area contributed by atoms with Gasteiger partial charge in [0.2, 0.25) is 0 Å². The maximum absolute atomic E-state index is 13.8. The lowest BCUT2D eigenvalue weighted by molar-refractivity contribution is 0.0583. The fourth-order valence-electron chi connectivity index (χ4n) is 3.26. The zero-order valence-electron chi connectivity index (χ0n) is 13.8. The van der Waals surface area contributed by atoms with Crippen LogP contribution in [0.3, 0.4) is 0 Å². The number of nitrogens with zero attached hydrogens (tertiary/aromatic N) is 4. The zero-order chi connectivity index (χ0) is 17.4. The largest absolute Gasteiger partial charge is 0.344 e. The Morgan fingerprint density at radius 1 is 1.28 bits per heavy atom.